The molecule has 1 unspecified atom stereocenters. The zero-order chi connectivity index (χ0) is 12.0. The van der Waals surface area contributed by atoms with E-state index in [1.165, 1.54) is 25.8 Å². The third kappa shape index (κ3) is 4.40. The molecule has 3 nitrogen and oxygen atoms in total. The molecule has 0 radical (unpaired) electrons. The van der Waals surface area contributed by atoms with Crippen LogP contribution in [0.2, 0.25) is 0 Å². The molecule has 1 saturated heterocycles. The van der Waals surface area contributed by atoms with Gasteiger partial charge in [0.1, 0.15) is 0 Å². The Bertz CT molecular complexity index is 179. The van der Waals surface area contributed by atoms with Crippen molar-refractivity contribution >= 4 is 0 Å². The number of nitrogens with zero attached hydrogens (tertiary/aromatic N) is 1. The zero-order valence-electron chi connectivity index (χ0n) is 11.1. The van der Waals surface area contributed by atoms with Crippen LogP contribution in [0, 0.1) is 11.8 Å². The van der Waals surface area contributed by atoms with E-state index >= 15 is 0 Å². The first-order chi connectivity index (χ1) is 7.65. The average molecular weight is 228 g/mol. The molecule has 0 aromatic carbocycles. The van der Waals surface area contributed by atoms with Gasteiger partial charge in [0.05, 0.1) is 0 Å². The highest BCUT2D eigenvalue weighted by Gasteiger charge is 2.19. The van der Waals surface area contributed by atoms with Gasteiger partial charge in [-0.25, -0.2) is 0 Å². The van der Waals surface area contributed by atoms with Gasteiger partial charge in [-0.1, -0.05) is 13.8 Å². The second-order valence-corrected chi connectivity index (χ2v) is 5.37. The standard InChI is InChI=1S/C13H28N2O/c1-11(2)13(10-14)15(3)7-4-12-5-8-16-9-6-12/h11-13H,4-10,14H2,1-3H3. The lowest BCUT2D eigenvalue weighted by Gasteiger charge is -2.32. The molecule has 0 bridgehead atoms. The molecule has 0 aliphatic carbocycles. The summed E-state index contributed by atoms with van der Waals surface area (Å²) >= 11 is 0. The van der Waals surface area contributed by atoms with E-state index in [2.05, 4.69) is 25.8 Å². The van der Waals surface area contributed by atoms with E-state index in [0.717, 1.165) is 25.7 Å². The van der Waals surface area contributed by atoms with Gasteiger partial charge in [0, 0.05) is 25.8 Å². The Kier molecular flexibility index (Phi) is 6.32. The van der Waals surface area contributed by atoms with Crippen molar-refractivity contribution in [3.63, 3.8) is 0 Å². The van der Waals surface area contributed by atoms with Crippen molar-refractivity contribution in [1.82, 2.24) is 4.90 Å². The lowest BCUT2D eigenvalue weighted by Crippen LogP contribution is -2.42. The topological polar surface area (TPSA) is 38.5 Å². The molecule has 1 atom stereocenters. The number of ether oxygens (including phenoxy) is 1. The number of hydrogen-bond acceptors (Lipinski definition) is 3. The van der Waals surface area contributed by atoms with Crippen LogP contribution in [0.4, 0.5) is 0 Å². The monoisotopic (exact) mass is 228 g/mol. The van der Waals surface area contributed by atoms with E-state index < -0.39 is 0 Å². The molecule has 1 rings (SSSR count). The minimum absolute atomic E-state index is 0.528. The van der Waals surface area contributed by atoms with E-state index in [1.54, 1.807) is 0 Å². The third-order valence-electron chi connectivity index (χ3n) is 3.81. The van der Waals surface area contributed by atoms with E-state index in [9.17, 15) is 0 Å². The molecule has 3 heteroatoms. The highest BCUT2D eigenvalue weighted by Crippen LogP contribution is 2.19. The Morgan fingerprint density at radius 3 is 2.44 bits per heavy atom. The molecule has 0 aromatic rings. The van der Waals surface area contributed by atoms with Crippen LogP contribution in [0.1, 0.15) is 33.1 Å². The summed E-state index contributed by atoms with van der Waals surface area (Å²) in [5.41, 5.74) is 5.82. The van der Waals surface area contributed by atoms with Gasteiger partial charge in [0.15, 0.2) is 0 Å². The van der Waals surface area contributed by atoms with Gasteiger partial charge in [-0.2, -0.15) is 0 Å². The van der Waals surface area contributed by atoms with Gasteiger partial charge in [-0.3, -0.25) is 0 Å². The van der Waals surface area contributed by atoms with E-state index in [-0.39, 0.29) is 0 Å². The van der Waals surface area contributed by atoms with Crippen LogP contribution in [-0.4, -0.2) is 44.3 Å². The van der Waals surface area contributed by atoms with Crippen LogP contribution in [-0.2, 0) is 4.74 Å². The first-order valence-corrected chi connectivity index (χ1v) is 6.63. The Morgan fingerprint density at radius 2 is 1.94 bits per heavy atom. The number of hydrogen-bond donors (Lipinski definition) is 1. The zero-order valence-corrected chi connectivity index (χ0v) is 11.1. The van der Waals surface area contributed by atoms with Gasteiger partial charge in [-0.05, 0) is 44.7 Å². The normalized spacial score (nSPS) is 20.6. The highest BCUT2D eigenvalue weighted by molar-refractivity contribution is 4.74. The summed E-state index contributed by atoms with van der Waals surface area (Å²) in [5.74, 6) is 1.51. The summed E-state index contributed by atoms with van der Waals surface area (Å²) in [6.07, 6.45) is 3.77. The molecule has 0 amide bonds. The van der Waals surface area contributed by atoms with Crippen LogP contribution >= 0.6 is 0 Å². The molecule has 96 valence electrons. The van der Waals surface area contributed by atoms with Crippen molar-refractivity contribution in [3.8, 4) is 0 Å². The lowest BCUT2D eigenvalue weighted by molar-refractivity contribution is 0.0583. The summed E-state index contributed by atoms with van der Waals surface area (Å²) in [6.45, 7) is 8.36. The van der Waals surface area contributed by atoms with Gasteiger partial charge in [0.25, 0.3) is 0 Å². The van der Waals surface area contributed by atoms with Crippen molar-refractivity contribution < 1.29 is 4.74 Å². The Hall–Kier alpha value is -0.120. The van der Waals surface area contributed by atoms with E-state index in [0.29, 0.717) is 12.0 Å². The van der Waals surface area contributed by atoms with Gasteiger partial charge < -0.3 is 15.4 Å². The van der Waals surface area contributed by atoms with Crippen LogP contribution in [0.5, 0.6) is 0 Å². The van der Waals surface area contributed by atoms with Crippen molar-refractivity contribution in [1.29, 1.82) is 0 Å². The number of rotatable bonds is 6. The molecule has 2 N–H and O–H groups in total. The first kappa shape index (κ1) is 13.9. The summed E-state index contributed by atoms with van der Waals surface area (Å²) in [6, 6.07) is 0.528. The minimum Gasteiger partial charge on any atom is -0.381 e. The SMILES string of the molecule is CC(C)C(CN)N(C)CCC1CCOCC1. The van der Waals surface area contributed by atoms with Crippen LogP contribution in [0.3, 0.4) is 0 Å². The molecular formula is C13H28N2O. The molecule has 0 saturated carbocycles. The summed E-state index contributed by atoms with van der Waals surface area (Å²) in [7, 11) is 2.21. The number of nitrogens with two attached hydrogens (primary N) is 1. The smallest absolute Gasteiger partial charge is 0.0468 e. The van der Waals surface area contributed by atoms with Crippen molar-refractivity contribution in [2.45, 2.75) is 39.2 Å². The number of likely N-dealkylation sites (N-methyl/N-ethyl adjacent to an activating group) is 1. The minimum atomic E-state index is 0.528. The fourth-order valence-electron chi connectivity index (χ4n) is 2.55. The summed E-state index contributed by atoms with van der Waals surface area (Å²) < 4.78 is 5.38. The summed E-state index contributed by atoms with van der Waals surface area (Å²) in [4.78, 5) is 2.43. The van der Waals surface area contributed by atoms with Crippen LogP contribution < -0.4 is 5.73 Å². The van der Waals surface area contributed by atoms with Crippen LogP contribution in [0.15, 0.2) is 0 Å². The molecule has 1 heterocycles. The molecule has 0 spiro atoms. The maximum atomic E-state index is 5.82. The Morgan fingerprint density at radius 1 is 1.31 bits per heavy atom. The quantitative estimate of drug-likeness (QED) is 0.752. The van der Waals surface area contributed by atoms with E-state index in [1.807, 2.05) is 0 Å². The molecule has 1 aliphatic heterocycles. The molecule has 1 fully saturated rings. The van der Waals surface area contributed by atoms with Crippen molar-refractivity contribution in [3.05, 3.63) is 0 Å². The second-order valence-electron chi connectivity index (χ2n) is 5.37. The highest BCUT2D eigenvalue weighted by atomic mass is 16.5. The predicted molar refractivity (Wildman–Crippen MR) is 68.5 cm³/mol. The largest absolute Gasteiger partial charge is 0.381 e. The average Bonchev–Trinajstić information content (AvgIpc) is 2.28. The van der Waals surface area contributed by atoms with Gasteiger partial charge in [0.2, 0.25) is 0 Å². The predicted octanol–water partition coefficient (Wildman–Crippen LogP) is 1.72. The third-order valence-corrected chi connectivity index (χ3v) is 3.81. The Labute approximate surface area is 100 Å². The Balaban J connectivity index is 2.24. The van der Waals surface area contributed by atoms with Crippen molar-refractivity contribution in [2.75, 3.05) is 33.4 Å². The second kappa shape index (κ2) is 7.25. The van der Waals surface area contributed by atoms with Gasteiger partial charge >= 0.3 is 0 Å². The fourth-order valence-corrected chi connectivity index (χ4v) is 2.55. The molecular weight excluding hydrogens is 200 g/mol. The molecule has 1 aliphatic rings. The fraction of sp³-hybridized carbons (Fsp3) is 1.00. The maximum absolute atomic E-state index is 5.82. The van der Waals surface area contributed by atoms with Crippen LogP contribution in [0.25, 0.3) is 0 Å². The summed E-state index contributed by atoms with van der Waals surface area (Å²) in [5, 5.41) is 0. The maximum Gasteiger partial charge on any atom is 0.0468 e. The molecule has 16 heavy (non-hydrogen) atoms. The first-order valence-electron chi connectivity index (χ1n) is 6.63. The van der Waals surface area contributed by atoms with Crippen molar-refractivity contribution in [2.24, 2.45) is 17.6 Å². The lowest BCUT2D eigenvalue weighted by atomic mass is 9.95. The van der Waals surface area contributed by atoms with Gasteiger partial charge in [-0.15, -0.1) is 0 Å². The molecule has 0 aromatic heterocycles. The van der Waals surface area contributed by atoms with E-state index in [4.69, 9.17) is 10.5 Å².